The van der Waals surface area contributed by atoms with Gasteiger partial charge in [0.2, 0.25) is 11.8 Å². The number of ether oxygens (including phenoxy) is 2. The third-order valence-electron chi connectivity index (χ3n) is 9.01. The Morgan fingerprint density at radius 1 is 0.419 bits per heavy atom. The summed E-state index contributed by atoms with van der Waals surface area (Å²) in [6.45, 7) is 6.33. The van der Waals surface area contributed by atoms with Crippen LogP contribution in [0.15, 0.2) is 60.7 Å². The number of alkyl carbamates (subject to hydrolysis) is 2. The standard InChI is InChI=1S/C46H64N10O16Se2/c1-45(2,3)71-43(69)51-19-33(57)47-21-35(59)53-29(17-27-13-9-7-10-14-27)39(63)49-23-37(61)55-31(41(65)66)25-73-74-26-32(42(67)68)56-38(62)24-50-40(64)30(18-28-15-11-8-12-16-28)54-36(60)22-48-34(58)20-52-44(70)72-46(4,5)6/h7-16,29-32H,17-26H2,1-6H3,(H,47,57)(H,48,58)(H,49,63)(H,50,64)(H,51,69)(H,52,70)(H,53,59)(H,54,60)(H,55,61)(H,56,62)(H,65,66)(H,67,68)/t29-,30-,31-,32-/m0/s1. The molecule has 2 rings (SSSR count). The summed E-state index contributed by atoms with van der Waals surface area (Å²) >= 11 is -1.08. The van der Waals surface area contributed by atoms with Gasteiger partial charge in [-0.05, 0) is 41.5 Å². The van der Waals surface area contributed by atoms with Crippen LogP contribution in [-0.4, -0.2) is 182 Å². The van der Waals surface area contributed by atoms with Gasteiger partial charge in [0.05, 0.1) is 0 Å². The number of rotatable bonds is 29. The summed E-state index contributed by atoms with van der Waals surface area (Å²) in [5.41, 5.74) is -0.332. The van der Waals surface area contributed by atoms with E-state index in [1.165, 1.54) is 0 Å². The van der Waals surface area contributed by atoms with E-state index in [0.29, 0.717) is 11.1 Å². The van der Waals surface area contributed by atoms with Crippen molar-refractivity contribution in [1.29, 1.82) is 0 Å². The van der Waals surface area contributed by atoms with Gasteiger partial charge in [-0.15, -0.1) is 0 Å². The van der Waals surface area contributed by atoms with Crippen molar-refractivity contribution in [3.05, 3.63) is 71.8 Å². The molecule has 0 spiro atoms. The van der Waals surface area contributed by atoms with Crippen LogP contribution in [0.25, 0.3) is 0 Å². The van der Waals surface area contributed by atoms with Gasteiger partial charge in [0.15, 0.2) is 0 Å². The minimum atomic E-state index is -1.43. The normalized spacial score (nSPS) is 12.6. The summed E-state index contributed by atoms with van der Waals surface area (Å²) in [6.07, 6.45) is -1.74. The van der Waals surface area contributed by atoms with Crippen molar-refractivity contribution in [1.82, 2.24) is 53.2 Å². The van der Waals surface area contributed by atoms with E-state index in [9.17, 15) is 67.7 Å². The summed E-state index contributed by atoms with van der Waals surface area (Å²) < 4.78 is 10.1. The number of aliphatic carboxylic acids is 2. The average Bonchev–Trinajstić information content (AvgIpc) is 3.31. The van der Waals surface area contributed by atoms with E-state index in [4.69, 9.17) is 9.47 Å². The Kier molecular flexibility index (Phi) is 27.2. The predicted octanol–water partition coefficient (Wildman–Crippen LogP) is -2.75. The molecule has 0 heterocycles. The van der Waals surface area contributed by atoms with E-state index in [1.54, 1.807) is 102 Å². The van der Waals surface area contributed by atoms with Crippen LogP contribution >= 0.6 is 0 Å². The second-order valence-corrected chi connectivity index (χ2v) is 25.3. The topological polar surface area (TPSA) is 384 Å². The Hall–Kier alpha value is -7.28. The molecule has 28 heteroatoms. The number of carboxylic acid groups (broad SMARTS) is 2. The van der Waals surface area contributed by atoms with Crippen molar-refractivity contribution < 1.29 is 77.2 Å². The van der Waals surface area contributed by atoms with Crippen LogP contribution in [0.1, 0.15) is 52.7 Å². The molecule has 406 valence electrons. The third kappa shape index (κ3) is 28.7. The number of amides is 10. The van der Waals surface area contributed by atoms with Crippen LogP contribution in [0.4, 0.5) is 9.59 Å². The molecule has 12 N–H and O–H groups in total. The maximum atomic E-state index is 13.2. The second-order valence-electron chi connectivity index (χ2n) is 17.8. The first-order valence-corrected chi connectivity index (χ1v) is 29.4. The summed E-state index contributed by atoms with van der Waals surface area (Å²) in [6, 6.07) is 11.7. The van der Waals surface area contributed by atoms with Crippen LogP contribution in [-0.2, 0) is 70.3 Å². The van der Waals surface area contributed by atoms with Gasteiger partial charge >= 0.3 is 310 Å². The summed E-state index contributed by atoms with van der Waals surface area (Å²) in [7, 11) is 0. The van der Waals surface area contributed by atoms with Crippen molar-refractivity contribution in [2.45, 2.75) is 100 Å². The van der Waals surface area contributed by atoms with Crippen LogP contribution in [0.2, 0.25) is 10.6 Å². The quantitative estimate of drug-likeness (QED) is 0.0290. The fraction of sp³-hybridized carbons (Fsp3) is 0.478. The number of benzene rings is 2. The zero-order valence-electron chi connectivity index (χ0n) is 41.6. The molecule has 2 aromatic rings. The number of hydrogen-bond donors (Lipinski definition) is 12. The van der Waals surface area contributed by atoms with Crippen LogP contribution in [0, 0.1) is 0 Å². The van der Waals surface area contributed by atoms with Gasteiger partial charge in [0.25, 0.3) is 0 Å². The minimum absolute atomic E-state index is 0.0258. The van der Waals surface area contributed by atoms with Gasteiger partial charge in [-0.25, -0.2) is 9.59 Å². The van der Waals surface area contributed by atoms with Crippen molar-refractivity contribution >= 4 is 97.6 Å². The van der Waals surface area contributed by atoms with Crippen LogP contribution < -0.4 is 53.2 Å². The molecule has 2 aromatic carbocycles. The monoisotopic (exact) mass is 1170 g/mol. The van der Waals surface area contributed by atoms with Crippen molar-refractivity contribution in [2.75, 3.05) is 39.3 Å². The average molecular weight is 1170 g/mol. The molecule has 74 heavy (non-hydrogen) atoms. The van der Waals surface area contributed by atoms with E-state index in [-0.39, 0.29) is 23.5 Å². The summed E-state index contributed by atoms with van der Waals surface area (Å²) in [5.74, 6) is -9.18. The number of nitrogens with one attached hydrogen (secondary N) is 10. The predicted molar refractivity (Wildman–Crippen MR) is 265 cm³/mol. The summed E-state index contributed by atoms with van der Waals surface area (Å²) in [5, 5.41) is 42.9. The van der Waals surface area contributed by atoms with E-state index in [1.807, 2.05) is 0 Å². The van der Waals surface area contributed by atoms with Crippen LogP contribution in [0.3, 0.4) is 0 Å². The summed E-state index contributed by atoms with van der Waals surface area (Å²) in [4.78, 5) is 150. The van der Waals surface area contributed by atoms with Crippen molar-refractivity contribution in [3.8, 4) is 0 Å². The zero-order valence-corrected chi connectivity index (χ0v) is 45.0. The molecular weight excluding hydrogens is 1110 g/mol. The van der Waals surface area contributed by atoms with Crippen molar-refractivity contribution in [3.63, 3.8) is 0 Å². The molecular formula is C46H64N10O16Se2. The maximum absolute atomic E-state index is 13.2. The van der Waals surface area contributed by atoms with Crippen LogP contribution in [0.5, 0.6) is 0 Å². The van der Waals surface area contributed by atoms with E-state index in [0.717, 1.165) is 0 Å². The first kappa shape index (κ1) is 62.8. The molecule has 0 aliphatic carbocycles. The number of carbonyl (C=O) groups is 12. The van der Waals surface area contributed by atoms with E-state index >= 15 is 0 Å². The Morgan fingerprint density at radius 2 is 0.703 bits per heavy atom. The Morgan fingerprint density at radius 3 is 1.00 bits per heavy atom. The number of carbonyl (C=O) groups excluding carboxylic acids is 10. The fourth-order valence-electron chi connectivity index (χ4n) is 5.68. The Balaban J connectivity index is 1.89. The van der Waals surface area contributed by atoms with Gasteiger partial charge in [0, 0.05) is 0 Å². The zero-order chi connectivity index (χ0) is 55.4. The Bertz CT molecular complexity index is 2120. The fourth-order valence-corrected chi connectivity index (χ4v) is 12.7. The molecule has 0 aliphatic rings. The first-order chi connectivity index (χ1) is 34.7. The van der Waals surface area contributed by atoms with Gasteiger partial charge in [-0.3, -0.25) is 9.59 Å². The van der Waals surface area contributed by atoms with Crippen molar-refractivity contribution in [2.24, 2.45) is 0 Å². The molecule has 0 aliphatic heterocycles. The SMILES string of the molecule is CC(C)(C)OC(=O)NCC(=O)NCC(=O)N[C@@H](Cc1ccccc1)C(=O)NCC(=O)N[C@@H](C[Se][Se]C[C@H](NC(=O)CNC(=O)[C@H](Cc1ccccc1)NC(=O)CNC(=O)CNC(=O)OC(C)(C)C)C(=O)O)C(=O)O. The third-order valence-corrected chi connectivity index (χ3v) is 16.1. The molecule has 10 amide bonds. The molecule has 0 radical (unpaired) electrons. The molecule has 0 unspecified atom stereocenters. The first-order valence-electron chi connectivity index (χ1n) is 22.7. The number of carboxylic acids is 2. The molecule has 0 aromatic heterocycles. The Labute approximate surface area is 437 Å². The van der Waals surface area contributed by atoms with E-state index in [2.05, 4.69) is 53.2 Å². The van der Waals surface area contributed by atoms with Gasteiger partial charge in [0.1, 0.15) is 24.3 Å². The molecule has 0 saturated heterocycles. The molecule has 0 bridgehead atoms. The van der Waals surface area contributed by atoms with E-state index < -0.39 is 172 Å². The second kappa shape index (κ2) is 32.0. The van der Waals surface area contributed by atoms with Gasteiger partial charge in [-0.2, -0.15) is 0 Å². The molecule has 0 saturated carbocycles. The molecule has 0 fully saturated rings. The van der Waals surface area contributed by atoms with Gasteiger partial charge in [-0.1, -0.05) is 12.1 Å². The number of hydrogen-bond acceptors (Lipinski definition) is 14. The molecule has 26 nitrogen and oxygen atoms in total. The van der Waals surface area contributed by atoms with Gasteiger partial charge < -0.3 is 20.1 Å². The molecule has 4 atom stereocenters.